The Labute approximate surface area is 237 Å². The van der Waals surface area contributed by atoms with E-state index in [1.165, 1.54) is 25.7 Å². The fraction of sp³-hybridized carbons (Fsp3) is 0.364. The molecule has 2 N–H and O–H groups in total. The van der Waals surface area contributed by atoms with Crippen LogP contribution in [0.5, 0.6) is 0 Å². The first-order valence-corrected chi connectivity index (χ1v) is 13.6. The quantitative estimate of drug-likeness (QED) is 0.340. The Morgan fingerprint density at radius 1 is 1.21 bits per heavy atom. The zero-order valence-corrected chi connectivity index (χ0v) is 24.2. The molecule has 0 bridgehead atoms. The van der Waals surface area contributed by atoms with Gasteiger partial charge in [0.25, 0.3) is 5.91 Å². The SMILES string of the molecule is C=C(C)C(C=NC)=N/C=C(\C)N[C@@H](C)c1cccc(NC(=O)c2cncc(C)c2)c1.CC1CC[C]2C=C2CC1.[HH].[HH]. The highest BCUT2D eigenvalue weighted by atomic mass is 16.1. The number of aromatic nitrogens is 1. The molecule has 2 aliphatic rings. The fourth-order valence-electron chi connectivity index (χ4n) is 4.36. The van der Waals surface area contributed by atoms with Crippen molar-refractivity contribution in [3.8, 4) is 0 Å². The molecule has 1 fully saturated rings. The zero-order chi connectivity index (χ0) is 28.4. The van der Waals surface area contributed by atoms with Crippen molar-refractivity contribution in [2.45, 2.75) is 66.3 Å². The smallest absolute Gasteiger partial charge is 0.257 e. The number of pyridine rings is 1. The van der Waals surface area contributed by atoms with Crippen molar-refractivity contribution < 1.29 is 7.65 Å². The third-order valence-electron chi connectivity index (χ3n) is 6.80. The summed E-state index contributed by atoms with van der Waals surface area (Å²) in [5.74, 6) is 2.48. The number of carbonyl (C=O) groups is 1. The first kappa shape index (κ1) is 29.8. The summed E-state index contributed by atoms with van der Waals surface area (Å²) in [4.78, 5) is 25.0. The lowest BCUT2D eigenvalue weighted by Gasteiger charge is -2.17. The molecule has 0 saturated heterocycles. The van der Waals surface area contributed by atoms with Crippen molar-refractivity contribution in [2.75, 3.05) is 12.4 Å². The van der Waals surface area contributed by atoms with Crippen LogP contribution in [0.3, 0.4) is 0 Å². The van der Waals surface area contributed by atoms with Gasteiger partial charge in [0.2, 0.25) is 0 Å². The van der Waals surface area contributed by atoms with Crippen LogP contribution in [0.4, 0.5) is 5.69 Å². The highest BCUT2D eigenvalue weighted by molar-refractivity contribution is 6.37. The molecule has 0 spiro atoms. The molecular formula is C33H46N5O. The van der Waals surface area contributed by atoms with E-state index >= 15 is 0 Å². The average molecular weight is 529 g/mol. The molecule has 1 radical (unpaired) electrons. The minimum absolute atomic E-state index is 0. The van der Waals surface area contributed by atoms with Crippen LogP contribution in [-0.2, 0) is 0 Å². The van der Waals surface area contributed by atoms with Crippen molar-refractivity contribution >= 4 is 23.5 Å². The van der Waals surface area contributed by atoms with E-state index in [9.17, 15) is 4.79 Å². The number of aryl methyl sites for hydroxylation is 1. The lowest BCUT2D eigenvalue weighted by molar-refractivity contribution is 0.102. The minimum Gasteiger partial charge on any atom is -0.381 e. The molecule has 39 heavy (non-hydrogen) atoms. The number of rotatable bonds is 8. The molecule has 1 aromatic carbocycles. The second kappa shape index (κ2) is 14.4. The zero-order valence-electron chi connectivity index (χ0n) is 24.2. The first-order chi connectivity index (χ1) is 18.7. The Bertz CT molecular complexity index is 1300. The number of aliphatic imine (C=N–C) groups is 2. The van der Waals surface area contributed by atoms with Crippen molar-refractivity contribution in [3.63, 3.8) is 0 Å². The summed E-state index contributed by atoms with van der Waals surface area (Å²) in [5, 5.41) is 6.34. The minimum atomic E-state index is -0.181. The van der Waals surface area contributed by atoms with Gasteiger partial charge in [-0.2, -0.15) is 0 Å². The van der Waals surface area contributed by atoms with E-state index in [-0.39, 0.29) is 14.8 Å². The van der Waals surface area contributed by atoms with Crippen molar-refractivity contribution in [3.05, 3.63) is 101 Å². The molecule has 6 heteroatoms. The van der Waals surface area contributed by atoms with Gasteiger partial charge in [0.1, 0.15) is 0 Å². The van der Waals surface area contributed by atoms with Crippen LogP contribution >= 0.6 is 0 Å². The molecule has 1 heterocycles. The van der Waals surface area contributed by atoms with E-state index in [4.69, 9.17) is 0 Å². The van der Waals surface area contributed by atoms with Gasteiger partial charge in [-0.1, -0.05) is 37.3 Å². The second-order valence-electron chi connectivity index (χ2n) is 10.6. The highest BCUT2D eigenvalue weighted by Gasteiger charge is 2.28. The monoisotopic (exact) mass is 528 g/mol. The van der Waals surface area contributed by atoms with E-state index in [1.807, 2.05) is 51.1 Å². The van der Waals surface area contributed by atoms with Crippen molar-refractivity contribution in [1.82, 2.24) is 10.3 Å². The number of amides is 1. The maximum absolute atomic E-state index is 12.5. The standard InChI is InChI=1S/C24H29N5O.C9H13.2H2/c1-16(2)23(15-25-6)27-13-18(4)28-19(5)20-8-7-9-22(11-20)29-24(30)21-10-17(3)12-26-14-21;1-7-2-4-8-6-9(8)5-3-7;;/h7-15,19,28H,1H2,2-6H3,(H,29,30);6-7H,2-5H2,1H3;2*1H/b18-13+,25-15?,27-23?;;;/t19-;;;/m0.../s1. The molecule has 6 nitrogen and oxygen atoms in total. The lowest BCUT2D eigenvalue weighted by Crippen LogP contribution is -2.17. The molecule has 0 aliphatic heterocycles. The largest absolute Gasteiger partial charge is 0.381 e. The van der Waals surface area contributed by atoms with E-state index in [2.05, 4.69) is 52.1 Å². The van der Waals surface area contributed by atoms with Crippen LogP contribution < -0.4 is 10.6 Å². The fourth-order valence-corrected chi connectivity index (χ4v) is 4.36. The summed E-state index contributed by atoms with van der Waals surface area (Å²) in [6.45, 7) is 14.1. The maximum Gasteiger partial charge on any atom is 0.257 e. The van der Waals surface area contributed by atoms with Gasteiger partial charge in [0, 0.05) is 58.1 Å². The number of fused-ring (bicyclic) bond motifs is 1. The molecule has 1 saturated carbocycles. The third kappa shape index (κ3) is 9.78. The lowest BCUT2D eigenvalue weighted by atomic mass is 10.0. The number of benzene rings is 1. The number of carbonyl (C=O) groups excluding carboxylic acids is 1. The van der Waals surface area contributed by atoms with E-state index in [1.54, 1.807) is 43.3 Å². The van der Waals surface area contributed by atoms with Crippen LogP contribution in [0.15, 0.2) is 88.4 Å². The third-order valence-corrected chi connectivity index (χ3v) is 6.80. The van der Waals surface area contributed by atoms with Crippen molar-refractivity contribution in [2.24, 2.45) is 15.9 Å². The molecule has 2 aromatic rings. The second-order valence-corrected chi connectivity index (χ2v) is 10.6. The van der Waals surface area contributed by atoms with Gasteiger partial charge >= 0.3 is 0 Å². The Balaban J connectivity index is 0.000000642. The van der Waals surface area contributed by atoms with Gasteiger partial charge in [0.05, 0.1) is 11.3 Å². The van der Waals surface area contributed by atoms with Gasteiger partial charge in [-0.05, 0) is 94.2 Å². The predicted octanol–water partition coefficient (Wildman–Crippen LogP) is 8.07. The Morgan fingerprint density at radius 2 is 1.97 bits per heavy atom. The van der Waals surface area contributed by atoms with Gasteiger partial charge in [-0.25, -0.2) is 0 Å². The molecule has 2 atom stereocenters. The van der Waals surface area contributed by atoms with Gasteiger partial charge in [0.15, 0.2) is 0 Å². The Kier molecular flexibility index (Phi) is 11.0. The summed E-state index contributed by atoms with van der Waals surface area (Å²) in [5.41, 5.74) is 7.43. The van der Waals surface area contributed by atoms with Crippen LogP contribution in [0.2, 0.25) is 0 Å². The van der Waals surface area contributed by atoms with Crippen LogP contribution in [0.25, 0.3) is 0 Å². The predicted molar refractivity (Wildman–Crippen MR) is 169 cm³/mol. The normalized spacial score (nSPS) is 18.2. The van der Waals surface area contributed by atoms with Gasteiger partial charge < -0.3 is 10.6 Å². The summed E-state index contributed by atoms with van der Waals surface area (Å²) < 4.78 is 0. The summed E-state index contributed by atoms with van der Waals surface area (Å²) in [7, 11) is 1.70. The van der Waals surface area contributed by atoms with Gasteiger partial charge in [-0.15, -0.1) is 0 Å². The van der Waals surface area contributed by atoms with Crippen LogP contribution in [0, 0.1) is 18.8 Å². The highest BCUT2D eigenvalue weighted by Crippen LogP contribution is 2.43. The van der Waals surface area contributed by atoms with Crippen molar-refractivity contribution in [1.29, 1.82) is 0 Å². The average Bonchev–Trinajstić information content (AvgIpc) is 3.69. The maximum atomic E-state index is 12.5. The summed E-state index contributed by atoms with van der Waals surface area (Å²) >= 11 is 0. The summed E-state index contributed by atoms with van der Waals surface area (Å²) in [6, 6.07) is 9.61. The first-order valence-electron chi connectivity index (χ1n) is 13.6. The number of anilines is 1. The van der Waals surface area contributed by atoms with E-state index < -0.39 is 0 Å². The van der Waals surface area contributed by atoms with E-state index in [0.717, 1.165) is 39.7 Å². The molecule has 2 aliphatic carbocycles. The Hall–Kier alpha value is -3.80. The number of allylic oxidation sites excluding steroid dienone is 4. The molecule has 1 amide bonds. The molecular weight excluding hydrogens is 482 g/mol. The molecule has 1 aromatic heterocycles. The van der Waals surface area contributed by atoms with E-state index in [0.29, 0.717) is 5.56 Å². The molecule has 209 valence electrons. The Morgan fingerprint density at radius 3 is 2.69 bits per heavy atom. The number of hydrogen-bond donors (Lipinski definition) is 2. The number of hydrogen-bond acceptors (Lipinski definition) is 5. The summed E-state index contributed by atoms with van der Waals surface area (Å²) in [6.07, 6.45) is 14.7. The number of nitrogens with zero attached hydrogens (tertiary/aromatic N) is 3. The topological polar surface area (TPSA) is 78.7 Å². The molecule has 4 rings (SSSR count). The number of nitrogens with one attached hydrogen (secondary N) is 2. The van der Waals surface area contributed by atoms with Crippen LogP contribution in [0.1, 0.15) is 83.8 Å². The van der Waals surface area contributed by atoms with Crippen LogP contribution in [-0.4, -0.2) is 29.9 Å². The van der Waals surface area contributed by atoms with Gasteiger partial charge in [-0.3, -0.25) is 19.8 Å². The molecule has 1 unspecified atom stereocenters.